The van der Waals surface area contributed by atoms with Gasteiger partial charge in [0.1, 0.15) is 0 Å². The molecule has 0 radical (unpaired) electrons. The van der Waals surface area contributed by atoms with Crippen molar-refractivity contribution in [1.29, 1.82) is 0 Å². The van der Waals surface area contributed by atoms with Crippen LogP contribution in [0.15, 0.2) is 24.4 Å². The molecule has 0 bridgehead atoms. The molecule has 1 unspecified atom stereocenters. The van der Waals surface area contributed by atoms with Crippen molar-refractivity contribution in [1.82, 2.24) is 15.1 Å². The molecule has 1 aliphatic heterocycles. The minimum atomic E-state index is -3.54. The minimum absolute atomic E-state index is 0.0315. The number of fused-ring (bicyclic) bond motifs is 1. The summed E-state index contributed by atoms with van der Waals surface area (Å²) < 4.78 is 22.2. The Labute approximate surface area is 122 Å². The van der Waals surface area contributed by atoms with Crippen LogP contribution in [-0.2, 0) is 21.4 Å². The standard InChI is InChI=1S/C13H16N4O3S/c14-21(19,20)8-10-4-13(18)17(7-10)6-9-1-2-12-11(3-9)5-15-16-12/h1-3,5,10H,4,6-8H2,(H,15,16)(H2,14,19,20). The van der Waals surface area contributed by atoms with E-state index in [-0.39, 0.29) is 24.0 Å². The highest BCUT2D eigenvalue weighted by atomic mass is 32.2. The second kappa shape index (κ2) is 5.12. The van der Waals surface area contributed by atoms with Gasteiger partial charge in [-0.15, -0.1) is 0 Å². The van der Waals surface area contributed by atoms with E-state index < -0.39 is 10.0 Å². The van der Waals surface area contributed by atoms with Gasteiger partial charge in [-0.2, -0.15) is 5.10 Å². The van der Waals surface area contributed by atoms with Gasteiger partial charge in [0.15, 0.2) is 0 Å². The summed E-state index contributed by atoms with van der Waals surface area (Å²) in [7, 11) is -3.54. The fourth-order valence-corrected chi connectivity index (χ4v) is 3.64. The first kappa shape index (κ1) is 14.0. The molecule has 1 aliphatic rings. The molecule has 3 N–H and O–H groups in total. The minimum Gasteiger partial charge on any atom is -0.338 e. The largest absolute Gasteiger partial charge is 0.338 e. The third kappa shape index (κ3) is 3.22. The number of benzene rings is 1. The molecular formula is C13H16N4O3S. The maximum atomic E-state index is 12.0. The average molecular weight is 308 g/mol. The van der Waals surface area contributed by atoms with Gasteiger partial charge < -0.3 is 4.90 Å². The van der Waals surface area contributed by atoms with Crippen LogP contribution in [0.25, 0.3) is 10.9 Å². The van der Waals surface area contributed by atoms with Gasteiger partial charge >= 0.3 is 0 Å². The maximum Gasteiger partial charge on any atom is 0.223 e. The van der Waals surface area contributed by atoms with Gasteiger partial charge in [-0.1, -0.05) is 6.07 Å². The number of carbonyl (C=O) groups is 1. The Morgan fingerprint density at radius 2 is 2.24 bits per heavy atom. The molecule has 7 nitrogen and oxygen atoms in total. The summed E-state index contributed by atoms with van der Waals surface area (Å²) in [5.41, 5.74) is 1.94. The number of nitrogens with two attached hydrogens (primary N) is 1. The Bertz CT molecular complexity index is 784. The molecule has 3 rings (SSSR count). The number of primary sulfonamides is 1. The Hall–Kier alpha value is -1.93. The van der Waals surface area contributed by atoms with E-state index in [9.17, 15) is 13.2 Å². The maximum absolute atomic E-state index is 12.0. The van der Waals surface area contributed by atoms with Crippen molar-refractivity contribution in [3.8, 4) is 0 Å². The topological polar surface area (TPSA) is 109 Å². The van der Waals surface area contributed by atoms with E-state index in [0.717, 1.165) is 16.5 Å². The molecule has 0 saturated carbocycles. The summed E-state index contributed by atoms with van der Waals surface area (Å²) >= 11 is 0. The van der Waals surface area contributed by atoms with E-state index in [1.54, 1.807) is 11.1 Å². The number of likely N-dealkylation sites (tertiary alicyclic amines) is 1. The van der Waals surface area contributed by atoms with Crippen molar-refractivity contribution in [2.24, 2.45) is 11.1 Å². The summed E-state index contributed by atoms with van der Waals surface area (Å²) in [5, 5.41) is 12.9. The number of aromatic nitrogens is 2. The zero-order valence-corrected chi connectivity index (χ0v) is 12.1. The van der Waals surface area contributed by atoms with E-state index >= 15 is 0 Å². The molecule has 21 heavy (non-hydrogen) atoms. The number of amides is 1. The fraction of sp³-hybridized carbons (Fsp3) is 0.385. The van der Waals surface area contributed by atoms with Crippen molar-refractivity contribution in [2.75, 3.05) is 12.3 Å². The molecule has 1 atom stereocenters. The molecular weight excluding hydrogens is 292 g/mol. The van der Waals surface area contributed by atoms with Gasteiger partial charge in [-0.05, 0) is 17.7 Å². The molecule has 1 amide bonds. The Balaban J connectivity index is 1.71. The molecule has 112 valence electrons. The number of rotatable bonds is 4. The first-order valence-electron chi connectivity index (χ1n) is 6.61. The van der Waals surface area contributed by atoms with Crippen LogP contribution in [0, 0.1) is 5.92 Å². The predicted octanol–water partition coefficient (Wildman–Crippen LogP) is 0.200. The van der Waals surface area contributed by atoms with Crippen LogP contribution < -0.4 is 5.14 Å². The number of nitrogens with one attached hydrogen (secondary N) is 1. The van der Waals surface area contributed by atoms with E-state index in [1.807, 2.05) is 18.2 Å². The van der Waals surface area contributed by atoms with Crippen LogP contribution in [0.4, 0.5) is 0 Å². The first-order chi connectivity index (χ1) is 9.90. The van der Waals surface area contributed by atoms with Gasteiger partial charge in [-0.25, -0.2) is 13.6 Å². The second-order valence-corrected chi connectivity index (χ2v) is 7.12. The van der Waals surface area contributed by atoms with Crippen molar-refractivity contribution in [2.45, 2.75) is 13.0 Å². The Morgan fingerprint density at radius 1 is 1.43 bits per heavy atom. The number of sulfonamides is 1. The fourth-order valence-electron chi connectivity index (χ4n) is 2.76. The van der Waals surface area contributed by atoms with E-state index in [1.165, 1.54) is 0 Å². The molecule has 0 spiro atoms. The SMILES string of the molecule is NS(=O)(=O)CC1CC(=O)N(Cc2ccc3[nH]ncc3c2)C1. The summed E-state index contributed by atoms with van der Waals surface area (Å²) in [6, 6.07) is 5.82. The lowest BCUT2D eigenvalue weighted by Crippen LogP contribution is -2.27. The highest BCUT2D eigenvalue weighted by Gasteiger charge is 2.31. The Morgan fingerprint density at radius 3 is 3.00 bits per heavy atom. The lowest BCUT2D eigenvalue weighted by atomic mass is 10.1. The van der Waals surface area contributed by atoms with E-state index in [0.29, 0.717) is 13.1 Å². The van der Waals surface area contributed by atoms with Crippen LogP contribution in [0.1, 0.15) is 12.0 Å². The average Bonchev–Trinajstić information content (AvgIpc) is 2.94. The highest BCUT2D eigenvalue weighted by molar-refractivity contribution is 7.89. The number of H-pyrrole nitrogens is 1. The third-order valence-electron chi connectivity index (χ3n) is 3.64. The summed E-state index contributed by atoms with van der Waals surface area (Å²) in [5.74, 6) is -0.392. The molecule has 2 aromatic rings. The first-order valence-corrected chi connectivity index (χ1v) is 8.32. The zero-order chi connectivity index (χ0) is 15.0. The van der Waals surface area contributed by atoms with Crippen molar-refractivity contribution in [3.05, 3.63) is 30.0 Å². The second-order valence-electron chi connectivity index (χ2n) is 5.47. The molecule has 1 fully saturated rings. The van der Waals surface area contributed by atoms with Crippen molar-refractivity contribution in [3.63, 3.8) is 0 Å². The van der Waals surface area contributed by atoms with Crippen LogP contribution in [0.3, 0.4) is 0 Å². The lowest BCUT2D eigenvalue weighted by molar-refractivity contribution is -0.128. The van der Waals surface area contributed by atoms with Gasteiger partial charge in [-0.3, -0.25) is 9.89 Å². The van der Waals surface area contributed by atoms with Crippen LogP contribution in [-0.4, -0.2) is 41.7 Å². The summed E-state index contributed by atoms with van der Waals surface area (Å²) in [6.07, 6.45) is 1.97. The van der Waals surface area contributed by atoms with Gasteiger partial charge in [0.25, 0.3) is 0 Å². The lowest BCUT2D eigenvalue weighted by Gasteiger charge is -2.16. The molecule has 1 aromatic heterocycles. The smallest absolute Gasteiger partial charge is 0.223 e. The van der Waals surface area contributed by atoms with E-state index in [4.69, 9.17) is 5.14 Å². The molecule has 0 aliphatic carbocycles. The number of aromatic amines is 1. The quantitative estimate of drug-likeness (QED) is 0.840. The van der Waals surface area contributed by atoms with Crippen LogP contribution in [0.5, 0.6) is 0 Å². The van der Waals surface area contributed by atoms with Gasteiger partial charge in [0.2, 0.25) is 15.9 Å². The van der Waals surface area contributed by atoms with Crippen LogP contribution >= 0.6 is 0 Å². The predicted molar refractivity (Wildman–Crippen MR) is 77.6 cm³/mol. The number of nitrogens with zero attached hydrogens (tertiary/aromatic N) is 2. The Kier molecular flexibility index (Phi) is 3.42. The number of hydrogen-bond acceptors (Lipinski definition) is 4. The highest BCUT2D eigenvalue weighted by Crippen LogP contribution is 2.22. The van der Waals surface area contributed by atoms with Crippen molar-refractivity contribution < 1.29 is 13.2 Å². The van der Waals surface area contributed by atoms with E-state index in [2.05, 4.69) is 10.2 Å². The summed E-state index contributed by atoms with van der Waals surface area (Å²) in [6.45, 7) is 0.903. The molecule has 1 saturated heterocycles. The number of hydrogen-bond donors (Lipinski definition) is 2. The molecule has 8 heteroatoms. The van der Waals surface area contributed by atoms with Gasteiger partial charge in [0.05, 0.1) is 17.5 Å². The number of carbonyl (C=O) groups excluding carboxylic acids is 1. The van der Waals surface area contributed by atoms with Crippen molar-refractivity contribution >= 4 is 26.8 Å². The molecule has 2 heterocycles. The monoisotopic (exact) mass is 308 g/mol. The molecule has 1 aromatic carbocycles. The van der Waals surface area contributed by atoms with Gasteiger partial charge in [0, 0.05) is 30.8 Å². The summed E-state index contributed by atoms with van der Waals surface area (Å²) in [4.78, 5) is 13.6. The normalized spacial score (nSPS) is 19.6. The van der Waals surface area contributed by atoms with Crippen LogP contribution in [0.2, 0.25) is 0 Å². The zero-order valence-electron chi connectivity index (χ0n) is 11.3. The third-order valence-corrected chi connectivity index (χ3v) is 4.58.